The van der Waals surface area contributed by atoms with Gasteiger partial charge in [-0.2, -0.15) is 0 Å². The molecule has 25 heavy (non-hydrogen) atoms. The van der Waals surface area contributed by atoms with Crippen molar-refractivity contribution in [2.45, 2.75) is 55.4 Å². The van der Waals surface area contributed by atoms with E-state index in [1.165, 1.54) is 23.1 Å². The minimum Gasteiger partial charge on any atom is -0.416 e. The number of carbonyl (C=O) groups excluding carboxylic acids is 2. The van der Waals surface area contributed by atoms with Crippen molar-refractivity contribution in [3.63, 3.8) is 0 Å². The molecule has 1 atom stereocenters. The van der Waals surface area contributed by atoms with Crippen LogP contribution in [0.1, 0.15) is 58.8 Å². The Hall–Kier alpha value is -1.87. The highest BCUT2D eigenvalue weighted by atomic mass is 32.2. The first kappa shape index (κ1) is 16.6. The number of nitrogens with zero attached hydrogens (tertiary/aromatic N) is 2. The zero-order valence-corrected chi connectivity index (χ0v) is 15.3. The molecule has 3 N–H and O–H groups in total. The molecule has 0 spiro atoms. The van der Waals surface area contributed by atoms with Gasteiger partial charge in [-0.15, -0.1) is 21.5 Å². The van der Waals surface area contributed by atoms with Gasteiger partial charge in [0, 0.05) is 10.8 Å². The average molecular weight is 378 g/mol. The van der Waals surface area contributed by atoms with Gasteiger partial charge in [0.15, 0.2) is 0 Å². The summed E-state index contributed by atoms with van der Waals surface area (Å²) in [7, 11) is 0. The summed E-state index contributed by atoms with van der Waals surface area (Å²) in [6.07, 6.45) is 4.98. The highest BCUT2D eigenvalue weighted by molar-refractivity contribution is 8.00. The second-order valence-electron chi connectivity index (χ2n) is 6.36. The van der Waals surface area contributed by atoms with Crippen molar-refractivity contribution < 1.29 is 14.0 Å². The number of anilines is 1. The Morgan fingerprint density at radius 1 is 1.36 bits per heavy atom. The lowest BCUT2D eigenvalue weighted by molar-refractivity contribution is -0.115. The van der Waals surface area contributed by atoms with Crippen LogP contribution >= 0.6 is 23.1 Å². The Bertz CT molecular complexity index is 841. The number of thiophene rings is 1. The predicted molar refractivity (Wildman–Crippen MR) is 95.1 cm³/mol. The molecule has 1 fully saturated rings. The van der Waals surface area contributed by atoms with Crippen molar-refractivity contribution in [3.05, 3.63) is 21.9 Å². The van der Waals surface area contributed by atoms with Crippen LogP contribution in [0.2, 0.25) is 0 Å². The van der Waals surface area contributed by atoms with Crippen molar-refractivity contribution >= 4 is 39.9 Å². The summed E-state index contributed by atoms with van der Waals surface area (Å²) in [4.78, 5) is 25.4. The standard InChI is InChI=1S/C16H18N4O3S2/c1-7(24-16-20-19-14(23-16)8-5-6-8)13(22)18-15-11(12(17)21)9-3-2-4-10(9)25-15/h7-8H,2-6H2,1H3,(H2,17,21)(H,18,22)/t7-/m1/s1. The van der Waals surface area contributed by atoms with Gasteiger partial charge < -0.3 is 15.5 Å². The number of carbonyl (C=O) groups is 2. The molecule has 132 valence electrons. The van der Waals surface area contributed by atoms with Crippen LogP contribution in [0.4, 0.5) is 5.00 Å². The fourth-order valence-electron chi connectivity index (χ4n) is 2.93. The third-order valence-corrected chi connectivity index (χ3v) is 6.54. The number of nitrogens with one attached hydrogen (secondary N) is 1. The van der Waals surface area contributed by atoms with Crippen LogP contribution in [0.5, 0.6) is 0 Å². The third kappa shape index (κ3) is 3.30. The molecule has 0 aliphatic heterocycles. The zero-order chi connectivity index (χ0) is 17.6. The first-order valence-corrected chi connectivity index (χ1v) is 9.97. The number of nitrogens with two attached hydrogens (primary N) is 1. The predicted octanol–water partition coefficient (Wildman–Crippen LogP) is 2.72. The van der Waals surface area contributed by atoms with Gasteiger partial charge in [-0.3, -0.25) is 9.59 Å². The van der Waals surface area contributed by atoms with Crippen LogP contribution in [0.3, 0.4) is 0 Å². The average Bonchev–Trinajstić information content (AvgIpc) is 2.98. The van der Waals surface area contributed by atoms with Gasteiger partial charge in [0.25, 0.3) is 11.1 Å². The first-order valence-electron chi connectivity index (χ1n) is 8.28. The Labute approximate surface area is 152 Å². The molecule has 4 rings (SSSR count). The van der Waals surface area contributed by atoms with Gasteiger partial charge >= 0.3 is 0 Å². The molecule has 0 aromatic carbocycles. The summed E-state index contributed by atoms with van der Waals surface area (Å²) in [5, 5.41) is 11.4. The third-order valence-electron chi connectivity index (χ3n) is 4.40. The highest BCUT2D eigenvalue weighted by Gasteiger charge is 2.31. The number of amides is 2. The van der Waals surface area contributed by atoms with Crippen molar-refractivity contribution in [1.29, 1.82) is 0 Å². The Kier molecular flexibility index (Phi) is 4.28. The van der Waals surface area contributed by atoms with Crippen LogP contribution < -0.4 is 11.1 Å². The van der Waals surface area contributed by atoms with E-state index in [1.54, 1.807) is 6.92 Å². The van der Waals surface area contributed by atoms with Crippen molar-refractivity contribution in [1.82, 2.24) is 10.2 Å². The summed E-state index contributed by atoms with van der Waals surface area (Å²) >= 11 is 2.67. The fraction of sp³-hybridized carbons (Fsp3) is 0.500. The topological polar surface area (TPSA) is 111 Å². The number of rotatable bonds is 6. The second-order valence-corrected chi connectivity index (χ2v) is 8.75. The number of primary amides is 1. The molecule has 7 nitrogen and oxygen atoms in total. The zero-order valence-electron chi connectivity index (χ0n) is 13.7. The Morgan fingerprint density at radius 2 is 2.16 bits per heavy atom. The fourth-order valence-corrected chi connectivity index (χ4v) is 4.92. The van der Waals surface area contributed by atoms with E-state index in [2.05, 4.69) is 15.5 Å². The molecule has 0 bridgehead atoms. The molecule has 2 aromatic rings. The largest absolute Gasteiger partial charge is 0.416 e. The first-order chi connectivity index (χ1) is 12.0. The van der Waals surface area contributed by atoms with Gasteiger partial charge in [-0.25, -0.2) is 0 Å². The maximum Gasteiger partial charge on any atom is 0.277 e. The Morgan fingerprint density at radius 3 is 2.88 bits per heavy atom. The van der Waals surface area contributed by atoms with Crippen LogP contribution in [0.15, 0.2) is 9.64 Å². The molecular weight excluding hydrogens is 360 g/mol. The molecule has 2 aliphatic carbocycles. The second kappa shape index (κ2) is 6.45. The maximum atomic E-state index is 12.5. The van der Waals surface area contributed by atoms with Crippen molar-refractivity contribution in [3.8, 4) is 0 Å². The van der Waals surface area contributed by atoms with Gasteiger partial charge in [-0.1, -0.05) is 11.8 Å². The van der Waals surface area contributed by atoms with Crippen molar-refractivity contribution in [2.24, 2.45) is 5.73 Å². The number of aryl methyl sites for hydroxylation is 1. The lowest BCUT2D eigenvalue weighted by atomic mass is 10.1. The minimum absolute atomic E-state index is 0.210. The number of fused-ring (bicyclic) bond motifs is 1. The molecule has 0 radical (unpaired) electrons. The lowest BCUT2D eigenvalue weighted by Gasteiger charge is -2.10. The van der Waals surface area contributed by atoms with Crippen LogP contribution in [0, 0.1) is 0 Å². The lowest BCUT2D eigenvalue weighted by Crippen LogP contribution is -2.24. The number of hydrogen-bond acceptors (Lipinski definition) is 7. The maximum absolute atomic E-state index is 12.5. The van der Waals surface area contributed by atoms with E-state index in [0.29, 0.717) is 27.6 Å². The van der Waals surface area contributed by atoms with Gasteiger partial charge in [0.2, 0.25) is 11.8 Å². The van der Waals surface area contributed by atoms with Gasteiger partial charge in [0.05, 0.1) is 10.8 Å². The summed E-state index contributed by atoms with van der Waals surface area (Å²) in [5.41, 5.74) is 6.99. The molecule has 0 unspecified atom stereocenters. The van der Waals surface area contributed by atoms with E-state index in [-0.39, 0.29) is 5.91 Å². The summed E-state index contributed by atoms with van der Waals surface area (Å²) in [5.74, 6) is 0.345. The summed E-state index contributed by atoms with van der Waals surface area (Å²) in [6, 6.07) is 0. The molecule has 2 aromatic heterocycles. The van der Waals surface area contributed by atoms with Crippen LogP contribution in [-0.2, 0) is 17.6 Å². The quantitative estimate of drug-likeness (QED) is 0.748. The van der Waals surface area contributed by atoms with E-state index in [9.17, 15) is 9.59 Å². The van der Waals surface area contributed by atoms with Crippen LogP contribution in [-0.4, -0.2) is 27.3 Å². The van der Waals surface area contributed by atoms with Crippen LogP contribution in [0.25, 0.3) is 0 Å². The molecule has 2 heterocycles. The van der Waals surface area contributed by atoms with E-state index >= 15 is 0 Å². The monoisotopic (exact) mass is 378 g/mol. The van der Waals surface area contributed by atoms with E-state index in [0.717, 1.165) is 42.5 Å². The van der Waals surface area contributed by atoms with E-state index < -0.39 is 11.2 Å². The molecular formula is C16H18N4O3S2. The Balaban J connectivity index is 1.45. The summed E-state index contributed by atoms with van der Waals surface area (Å²) < 4.78 is 5.58. The van der Waals surface area contributed by atoms with Crippen molar-refractivity contribution in [2.75, 3.05) is 5.32 Å². The number of thioether (sulfide) groups is 1. The van der Waals surface area contributed by atoms with Gasteiger partial charge in [0.1, 0.15) is 5.00 Å². The highest BCUT2D eigenvalue weighted by Crippen LogP contribution is 2.41. The molecule has 0 saturated heterocycles. The van der Waals surface area contributed by atoms with E-state index in [4.69, 9.17) is 10.2 Å². The summed E-state index contributed by atoms with van der Waals surface area (Å²) in [6.45, 7) is 1.77. The molecule has 1 saturated carbocycles. The smallest absolute Gasteiger partial charge is 0.277 e. The SMILES string of the molecule is C[C@@H](Sc1nnc(C2CC2)o1)C(=O)Nc1sc2c(c1C(N)=O)CCC2. The number of hydrogen-bond donors (Lipinski definition) is 2. The molecule has 2 aliphatic rings. The molecule has 9 heteroatoms. The minimum atomic E-state index is -0.485. The normalized spacial score (nSPS) is 17.3. The van der Waals surface area contributed by atoms with E-state index in [1.807, 2.05) is 0 Å². The van der Waals surface area contributed by atoms with Gasteiger partial charge in [-0.05, 0) is 44.6 Å². The number of aromatic nitrogens is 2. The molecule has 2 amide bonds.